The van der Waals surface area contributed by atoms with Gasteiger partial charge in [0, 0.05) is 73.1 Å². The summed E-state index contributed by atoms with van der Waals surface area (Å²) in [7, 11) is 0. The Morgan fingerprint density at radius 1 is 1.10 bits per heavy atom. The Balaban J connectivity index is 1.21. The van der Waals surface area contributed by atoms with Crippen LogP contribution in [0.15, 0.2) is 55.0 Å². The fourth-order valence-corrected chi connectivity index (χ4v) is 4.20. The van der Waals surface area contributed by atoms with Crippen LogP contribution in [0.2, 0.25) is 0 Å². The van der Waals surface area contributed by atoms with Crippen molar-refractivity contribution in [1.29, 1.82) is 0 Å². The second kappa shape index (κ2) is 8.16. The third-order valence-electron chi connectivity index (χ3n) is 5.12. The summed E-state index contributed by atoms with van der Waals surface area (Å²) < 4.78 is 4.47. The zero-order valence-corrected chi connectivity index (χ0v) is 17.4. The van der Waals surface area contributed by atoms with E-state index in [0.29, 0.717) is 12.5 Å². The molecule has 0 saturated heterocycles. The van der Waals surface area contributed by atoms with Gasteiger partial charge >= 0.3 is 0 Å². The molecule has 0 unspecified atom stereocenters. The fourth-order valence-electron chi connectivity index (χ4n) is 3.53. The van der Waals surface area contributed by atoms with E-state index in [1.54, 1.807) is 0 Å². The summed E-state index contributed by atoms with van der Waals surface area (Å²) in [4.78, 5) is 20.2. The van der Waals surface area contributed by atoms with Gasteiger partial charge in [0.05, 0.1) is 5.69 Å². The number of fused-ring (bicyclic) bond motifs is 1. The van der Waals surface area contributed by atoms with E-state index >= 15 is 0 Å². The van der Waals surface area contributed by atoms with Crippen molar-refractivity contribution in [3.8, 4) is 11.3 Å². The first-order valence-electron chi connectivity index (χ1n) is 9.88. The van der Waals surface area contributed by atoms with Gasteiger partial charge in [-0.15, -0.1) is 0 Å². The van der Waals surface area contributed by atoms with Crippen LogP contribution in [-0.2, 0) is 19.5 Å². The summed E-state index contributed by atoms with van der Waals surface area (Å²) >= 11 is 1.43. The van der Waals surface area contributed by atoms with Crippen LogP contribution in [0.1, 0.15) is 22.5 Å². The number of nitrogens with one attached hydrogen (secondary N) is 1. The number of aryl methyl sites for hydroxylation is 1. The van der Waals surface area contributed by atoms with Crippen LogP contribution in [0.5, 0.6) is 0 Å². The lowest BCUT2D eigenvalue weighted by Crippen LogP contribution is -2.30. The minimum atomic E-state index is 0.631. The summed E-state index contributed by atoms with van der Waals surface area (Å²) in [6.45, 7) is 4.36. The molecule has 4 aromatic heterocycles. The normalized spacial score (nSPS) is 13.2. The van der Waals surface area contributed by atoms with Crippen LogP contribution in [0, 0.1) is 6.92 Å². The Bertz CT molecular complexity index is 1160. The number of nitrogens with zero attached hydrogens (tertiary/aromatic N) is 6. The monoisotopic (exact) mass is 415 g/mol. The molecule has 1 aliphatic heterocycles. The number of aromatic nitrogens is 5. The van der Waals surface area contributed by atoms with Gasteiger partial charge in [0.1, 0.15) is 0 Å². The molecule has 0 fully saturated rings. The lowest BCUT2D eigenvalue weighted by Gasteiger charge is -2.27. The zero-order valence-electron chi connectivity index (χ0n) is 16.6. The molecule has 4 aromatic rings. The van der Waals surface area contributed by atoms with E-state index in [9.17, 15) is 0 Å². The van der Waals surface area contributed by atoms with Crippen LogP contribution in [-0.4, -0.2) is 30.9 Å². The highest BCUT2D eigenvalue weighted by Gasteiger charge is 2.20. The molecule has 0 saturated carbocycles. The summed E-state index contributed by atoms with van der Waals surface area (Å²) in [5.74, 6) is 0.654. The number of hydrogen-bond acceptors (Lipinski definition) is 8. The Morgan fingerprint density at radius 3 is 2.93 bits per heavy atom. The molecule has 1 N–H and O–H groups in total. The quantitative estimate of drug-likeness (QED) is 0.530. The minimum absolute atomic E-state index is 0.631. The van der Waals surface area contributed by atoms with E-state index in [1.165, 1.54) is 22.8 Å². The van der Waals surface area contributed by atoms with Crippen molar-refractivity contribution in [2.24, 2.45) is 0 Å². The van der Waals surface area contributed by atoms with Crippen LogP contribution < -0.4 is 10.2 Å². The number of rotatable bonds is 5. The minimum Gasteiger partial charge on any atom is -0.349 e. The molecule has 1 aliphatic rings. The standard InChI is InChI=1S/C22H21N7S/c1-15-11-17(6-9-23-15)19-5-4-16(12-25-19)13-26-21-27-22(30-28-21)29-10-7-20-18(14-29)3-2-8-24-20/h2-6,8-9,11-12H,7,10,13-14H2,1H3,(H,26,28). The molecule has 0 spiro atoms. The molecule has 30 heavy (non-hydrogen) atoms. The molecule has 0 bridgehead atoms. The Kier molecular flexibility index (Phi) is 5.06. The molecule has 0 aromatic carbocycles. The molecule has 5 rings (SSSR count). The highest BCUT2D eigenvalue weighted by atomic mass is 32.1. The predicted molar refractivity (Wildman–Crippen MR) is 118 cm³/mol. The number of anilines is 2. The van der Waals surface area contributed by atoms with Crippen molar-refractivity contribution >= 4 is 22.6 Å². The SMILES string of the molecule is Cc1cc(-c2ccc(CNc3nsc(N4CCc5ncccc5C4)n3)cn2)ccn1. The smallest absolute Gasteiger partial charge is 0.236 e. The highest BCUT2D eigenvalue weighted by molar-refractivity contribution is 7.09. The van der Waals surface area contributed by atoms with Gasteiger partial charge in [-0.3, -0.25) is 15.0 Å². The lowest BCUT2D eigenvalue weighted by molar-refractivity contribution is 0.710. The van der Waals surface area contributed by atoms with Gasteiger partial charge in [-0.25, -0.2) is 0 Å². The van der Waals surface area contributed by atoms with Gasteiger partial charge in [0.15, 0.2) is 0 Å². The van der Waals surface area contributed by atoms with Gasteiger partial charge in [0.25, 0.3) is 0 Å². The first kappa shape index (κ1) is 18.6. The highest BCUT2D eigenvalue weighted by Crippen LogP contribution is 2.26. The first-order valence-corrected chi connectivity index (χ1v) is 10.7. The molecule has 0 aliphatic carbocycles. The van der Waals surface area contributed by atoms with Crippen LogP contribution in [0.3, 0.4) is 0 Å². The van der Waals surface area contributed by atoms with Crippen LogP contribution >= 0.6 is 11.5 Å². The first-order chi connectivity index (χ1) is 14.7. The predicted octanol–water partition coefficient (Wildman–Crippen LogP) is 3.87. The molecular formula is C22H21N7S. The van der Waals surface area contributed by atoms with Crippen molar-refractivity contribution < 1.29 is 0 Å². The summed E-state index contributed by atoms with van der Waals surface area (Å²) in [6, 6.07) is 12.3. The molecule has 0 amide bonds. The van der Waals surface area contributed by atoms with Gasteiger partial charge in [-0.1, -0.05) is 12.1 Å². The van der Waals surface area contributed by atoms with E-state index in [4.69, 9.17) is 0 Å². The summed E-state index contributed by atoms with van der Waals surface area (Å²) in [6.07, 6.45) is 6.50. The topological polar surface area (TPSA) is 79.7 Å². The van der Waals surface area contributed by atoms with Crippen LogP contribution in [0.4, 0.5) is 11.1 Å². The molecule has 8 heteroatoms. The maximum atomic E-state index is 4.67. The molecular weight excluding hydrogens is 394 g/mol. The average molecular weight is 416 g/mol. The molecule has 7 nitrogen and oxygen atoms in total. The number of pyridine rings is 3. The summed E-state index contributed by atoms with van der Waals surface area (Å²) in [5.41, 5.74) is 6.54. The fraction of sp³-hybridized carbons (Fsp3) is 0.227. The van der Waals surface area contributed by atoms with Gasteiger partial charge in [0.2, 0.25) is 11.1 Å². The van der Waals surface area contributed by atoms with Gasteiger partial charge in [-0.05, 0) is 42.3 Å². The zero-order chi connectivity index (χ0) is 20.3. The van der Waals surface area contributed by atoms with E-state index in [2.05, 4.69) is 46.7 Å². The van der Waals surface area contributed by atoms with Gasteiger partial charge < -0.3 is 10.2 Å². The van der Waals surface area contributed by atoms with Crippen molar-refractivity contribution in [2.75, 3.05) is 16.8 Å². The molecule has 150 valence electrons. The number of hydrogen-bond donors (Lipinski definition) is 1. The average Bonchev–Trinajstić information content (AvgIpc) is 3.27. The van der Waals surface area contributed by atoms with E-state index in [-0.39, 0.29) is 0 Å². The third kappa shape index (κ3) is 3.99. The second-order valence-electron chi connectivity index (χ2n) is 7.27. The van der Waals surface area contributed by atoms with E-state index < -0.39 is 0 Å². The Labute approximate surface area is 179 Å². The maximum absolute atomic E-state index is 4.67. The van der Waals surface area contributed by atoms with Crippen LogP contribution in [0.25, 0.3) is 11.3 Å². The van der Waals surface area contributed by atoms with Gasteiger partial charge in [-0.2, -0.15) is 9.36 Å². The molecule has 0 radical (unpaired) electrons. The van der Waals surface area contributed by atoms with Crippen molar-refractivity contribution in [3.05, 3.63) is 77.5 Å². The van der Waals surface area contributed by atoms with E-state index in [0.717, 1.165) is 47.2 Å². The largest absolute Gasteiger partial charge is 0.349 e. The molecule has 5 heterocycles. The lowest BCUT2D eigenvalue weighted by atomic mass is 10.1. The summed E-state index contributed by atoms with van der Waals surface area (Å²) in [5, 5.41) is 4.25. The van der Waals surface area contributed by atoms with Crippen molar-refractivity contribution in [1.82, 2.24) is 24.3 Å². The van der Waals surface area contributed by atoms with E-state index in [1.807, 2.05) is 49.8 Å². The second-order valence-corrected chi connectivity index (χ2v) is 8.00. The third-order valence-corrected chi connectivity index (χ3v) is 5.89. The Morgan fingerprint density at radius 2 is 2.07 bits per heavy atom. The van der Waals surface area contributed by atoms with Crippen molar-refractivity contribution in [2.45, 2.75) is 26.4 Å². The molecule has 0 atom stereocenters. The van der Waals surface area contributed by atoms with Crippen molar-refractivity contribution in [3.63, 3.8) is 0 Å². The Hall–Kier alpha value is -3.39. The maximum Gasteiger partial charge on any atom is 0.236 e.